The smallest absolute Gasteiger partial charge is 0.0317 e. The Bertz CT molecular complexity index is 271. The Morgan fingerprint density at radius 3 is 2.83 bits per heavy atom. The van der Waals surface area contributed by atoms with E-state index >= 15 is 0 Å². The van der Waals surface area contributed by atoms with Crippen LogP contribution >= 0.6 is 27.3 Å². The van der Waals surface area contributed by atoms with Gasteiger partial charge < -0.3 is 5.73 Å². The van der Waals surface area contributed by atoms with Gasteiger partial charge in [-0.2, -0.15) is 0 Å². The molecule has 2 unspecified atom stereocenters. The van der Waals surface area contributed by atoms with E-state index in [1.165, 1.54) is 28.6 Å². The van der Waals surface area contributed by atoms with E-state index in [0.717, 1.165) is 0 Å². The summed E-state index contributed by atoms with van der Waals surface area (Å²) in [6, 6.07) is 2.50. The third kappa shape index (κ3) is 1.45. The maximum atomic E-state index is 6.02. The van der Waals surface area contributed by atoms with Crippen LogP contribution in [0.15, 0.2) is 15.9 Å². The molecule has 0 saturated heterocycles. The predicted octanol–water partition coefficient (Wildman–Crippen LogP) is 3.11. The molecule has 66 valence electrons. The Hall–Kier alpha value is 0.140. The first kappa shape index (κ1) is 8.73. The first-order valence-corrected chi connectivity index (χ1v) is 5.95. The molecule has 1 saturated carbocycles. The third-order valence-corrected chi connectivity index (χ3v) is 4.55. The highest BCUT2D eigenvalue weighted by atomic mass is 79.9. The molecule has 0 aliphatic heterocycles. The molecule has 1 nitrogen and oxygen atoms in total. The number of rotatable bonds is 1. The van der Waals surface area contributed by atoms with Gasteiger partial charge in [-0.05, 0) is 40.2 Å². The minimum atomic E-state index is 0.389. The molecule has 1 aromatic heterocycles. The van der Waals surface area contributed by atoms with Crippen molar-refractivity contribution < 1.29 is 0 Å². The standard InChI is InChI=1S/C9H12BrNS/c10-7-4-5-12-9(7)6-2-1-3-8(6)11/h4-6,8H,1-3,11H2. The topological polar surface area (TPSA) is 26.0 Å². The van der Waals surface area contributed by atoms with Crippen molar-refractivity contribution in [3.8, 4) is 0 Å². The molecular weight excluding hydrogens is 234 g/mol. The molecule has 0 spiro atoms. The van der Waals surface area contributed by atoms with Gasteiger partial charge >= 0.3 is 0 Å². The van der Waals surface area contributed by atoms with E-state index in [9.17, 15) is 0 Å². The lowest BCUT2D eigenvalue weighted by atomic mass is 10.0. The van der Waals surface area contributed by atoms with Crippen molar-refractivity contribution in [2.45, 2.75) is 31.2 Å². The summed E-state index contributed by atoms with van der Waals surface area (Å²) in [7, 11) is 0. The van der Waals surface area contributed by atoms with Gasteiger partial charge in [-0.25, -0.2) is 0 Å². The van der Waals surface area contributed by atoms with Crippen molar-refractivity contribution in [2.75, 3.05) is 0 Å². The fourth-order valence-corrected chi connectivity index (χ4v) is 3.76. The third-order valence-electron chi connectivity index (χ3n) is 2.55. The van der Waals surface area contributed by atoms with Gasteiger partial charge in [0.15, 0.2) is 0 Å². The lowest BCUT2D eigenvalue weighted by Gasteiger charge is -2.13. The Labute approximate surface area is 85.1 Å². The molecule has 2 N–H and O–H groups in total. The lowest BCUT2D eigenvalue weighted by molar-refractivity contribution is 0.620. The zero-order valence-corrected chi connectivity index (χ0v) is 9.20. The molecule has 0 radical (unpaired) electrons. The molecule has 3 heteroatoms. The van der Waals surface area contributed by atoms with Gasteiger partial charge in [0.2, 0.25) is 0 Å². The van der Waals surface area contributed by atoms with E-state index in [0.29, 0.717) is 12.0 Å². The van der Waals surface area contributed by atoms with Gasteiger partial charge in [-0.1, -0.05) is 6.42 Å². The fourth-order valence-electron chi connectivity index (χ4n) is 1.88. The average molecular weight is 246 g/mol. The summed E-state index contributed by atoms with van der Waals surface area (Å²) in [5.41, 5.74) is 6.02. The maximum Gasteiger partial charge on any atom is 0.0317 e. The second-order valence-electron chi connectivity index (χ2n) is 3.33. The number of nitrogens with two attached hydrogens (primary N) is 1. The Morgan fingerprint density at radius 1 is 1.50 bits per heavy atom. The molecule has 0 aromatic carbocycles. The Morgan fingerprint density at radius 2 is 2.33 bits per heavy atom. The summed E-state index contributed by atoms with van der Waals surface area (Å²) in [5, 5.41) is 2.13. The predicted molar refractivity (Wildman–Crippen MR) is 56.6 cm³/mol. The molecular formula is C9H12BrNS. The van der Waals surface area contributed by atoms with Crippen LogP contribution in [0.2, 0.25) is 0 Å². The van der Waals surface area contributed by atoms with Crippen LogP contribution in [-0.2, 0) is 0 Å². The summed E-state index contributed by atoms with van der Waals surface area (Å²) >= 11 is 5.38. The van der Waals surface area contributed by atoms with Gasteiger partial charge in [-0.3, -0.25) is 0 Å². The molecule has 1 aliphatic rings. The molecule has 0 amide bonds. The minimum Gasteiger partial charge on any atom is -0.327 e. The number of hydrogen-bond donors (Lipinski definition) is 1. The minimum absolute atomic E-state index is 0.389. The highest BCUT2D eigenvalue weighted by molar-refractivity contribution is 9.10. The molecule has 2 atom stereocenters. The number of hydrogen-bond acceptors (Lipinski definition) is 2. The molecule has 1 aliphatic carbocycles. The number of halogens is 1. The van der Waals surface area contributed by atoms with E-state index in [1.54, 1.807) is 0 Å². The van der Waals surface area contributed by atoms with E-state index in [-0.39, 0.29) is 0 Å². The number of thiophene rings is 1. The molecule has 1 heterocycles. The first-order valence-electron chi connectivity index (χ1n) is 4.27. The highest BCUT2D eigenvalue weighted by Gasteiger charge is 2.27. The molecule has 2 rings (SSSR count). The summed E-state index contributed by atoms with van der Waals surface area (Å²) < 4.78 is 1.25. The zero-order valence-electron chi connectivity index (χ0n) is 6.79. The fraction of sp³-hybridized carbons (Fsp3) is 0.556. The summed E-state index contributed by atoms with van der Waals surface area (Å²) in [6.45, 7) is 0. The Kier molecular flexibility index (Phi) is 2.53. The van der Waals surface area contributed by atoms with Crippen LogP contribution in [0.4, 0.5) is 0 Å². The van der Waals surface area contributed by atoms with Crippen molar-refractivity contribution in [1.82, 2.24) is 0 Å². The van der Waals surface area contributed by atoms with Crippen LogP contribution in [0.3, 0.4) is 0 Å². The summed E-state index contributed by atoms with van der Waals surface area (Å²) in [5.74, 6) is 0.611. The van der Waals surface area contributed by atoms with Gasteiger partial charge in [0.25, 0.3) is 0 Å². The van der Waals surface area contributed by atoms with Gasteiger partial charge in [0, 0.05) is 21.3 Å². The van der Waals surface area contributed by atoms with E-state index in [1.807, 2.05) is 11.3 Å². The molecule has 12 heavy (non-hydrogen) atoms. The first-order chi connectivity index (χ1) is 5.79. The van der Waals surface area contributed by atoms with Crippen molar-refractivity contribution in [2.24, 2.45) is 5.73 Å². The quantitative estimate of drug-likeness (QED) is 0.809. The zero-order chi connectivity index (χ0) is 8.55. The summed E-state index contributed by atoms with van der Waals surface area (Å²) in [4.78, 5) is 1.44. The molecule has 1 fully saturated rings. The SMILES string of the molecule is NC1CCCC1c1sccc1Br. The molecule has 1 aromatic rings. The summed E-state index contributed by atoms with van der Waals surface area (Å²) in [6.07, 6.45) is 3.74. The van der Waals surface area contributed by atoms with Crippen LogP contribution in [0.5, 0.6) is 0 Å². The van der Waals surface area contributed by atoms with E-state index in [2.05, 4.69) is 27.4 Å². The highest BCUT2D eigenvalue weighted by Crippen LogP contribution is 2.39. The monoisotopic (exact) mass is 245 g/mol. The van der Waals surface area contributed by atoms with Crippen LogP contribution < -0.4 is 5.73 Å². The Balaban J connectivity index is 2.24. The maximum absolute atomic E-state index is 6.02. The van der Waals surface area contributed by atoms with Gasteiger partial charge in [0.05, 0.1) is 0 Å². The van der Waals surface area contributed by atoms with E-state index < -0.39 is 0 Å². The van der Waals surface area contributed by atoms with Crippen molar-refractivity contribution in [1.29, 1.82) is 0 Å². The second kappa shape index (κ2) is 3.48. The van der Waals surface area contributed by atoms with Crippen LogP contribution in [0.1, 0.15) is 30.1 Å². The van der Waals surface area contributed by atoms with Gasteiger partial charge in [-0.15, -0.1) is 11.3 Å². The van der Waals surface area contributed by atoms with Gasteiger partial charge in [0.1, 0.15) is 0 Å². The van der Waals surface area contributed by atoms with Crippen LogP contribution in [0.25, 0.3) is 0 Å². The van der Waals surface area contributed by atoms with Crippen molar-refractivity contribution in [3.05, 3.63) is 20.8 Å². The van der Waals surface area contributed by atoms with Crippen LogP contribution in [-0.4, -0.2) is 6.04 Å². The molecule has 0 bridgehead atoms. The second-order valence-corrected chi connectivity index (χ2v) is 5.14. The lowest BCUT2D eigenvalue weighted by Crippen LogP contribution is -2.22. The van der Waals surface area contributed by atoms with Crippen molar-refractivity contribution in [3.63, 3.8) is 0 Å². The average Bonchev–Trinajstić information content (AvgIpc) is 2.59. The van der Waals surface area contributed by atoms with Crippen molar-refractivity contribution >= 4 is 27.3 Å². The van der Waals surface area contributed by atoms with E-state index in [4.69, 9.17) is 5.73 Å². The normalized spacial score (nSPS) is 29.5. The largest absolute Gasteiger partial charge is 0.327 e. The van der Waals surface area contributed by atoms with Crippen LogP contribution in [0, 0.1) is 0 Å².